The van der Waals surface area contributed by atoms with Crippen molar-refractivity contribution in [3.63, 3.8) is 0 Å². The zero-order valence-corrected chi connectivity index (χ0v) is 21.1. The number of aliphatic imine (C=N–C) groups is 1. The van der Waals surface area contributed by atoms with Gasteiger partial charge in [-0.1, -0.05) is 37.6 Å². The lowest BCUT2D eigenvalue weighted by Crippen LogP contribution is -2.43. The summed E-state index contributed by atoms with van der Waals surface area (Å²) in [6.45, 7) is 5.84. The average Bonchev–Trinajstić information content (AvgIpc) is 2.86. The molecule has 2 atom stereocenters. The number of β-amino-alcohol motifs (C(OH)–C–C–N with tert-alkyl or cyclic N) is 1. The van der Waals surface area contributed by atoms with Crippen LogP contribution in [0.3, 0.4) is 0 Å². The Bertz CT molecular complexity index is 1060. The fourth-order valence-corrected chi connectivity index (χ4v) is 4.62. The summed E-state index contributed by atoms with van der Waals surface area (Å²) in [5.74, 6) is 0.536. The van der Waals surface area contributed by atoms with E-state index in [2.05, 4.69) is 20.5 Å². The highest BCUT2D eigenvalue weighted by atomic mass is 19.1. The minimum Gasteiger partial charge on any atom is -0.390 e. The highest BCUT2D eigenvalue weighted by Crippen LogP contribution is 2.23. The second-order valence-electron chi connectivity index (χ2n) is 9.47. The third kappa shape index (κ3) is 8.43. The topological polar surface area (TPSA) is 101 Å². The van der Waals surface area contributed by atoms with Gasteiger partial charge in [0, 0.05) is 17.8 Å². The van der Waals surface area contributed by atoms with Gasteiger partial charge in [0.2, 0.25) is 5.96 Å². The Morgan fingerprint density at radius 3 is 2.61 bits per heavy atom. The normalized spacial score (nSPS) is 16.7. The number of aliphatic hydroxyl groups is 1. The maximum atomic E-state index is 13.2. The first kappa shape index (κ1) is 27.3. The average molecular weight is 494 g/mol. The van der Waals surface area contributed by atoms with Crippen molar-refractivity contribution in [2.45, 2.75) is 58.1 Å². The summed E-state index contributed by atoms with van der Waals surface area (Å²) >= 11 is 0. The Kier molecular flexibility index (Phi) is 10.4. The molecule has 7 nitrogen and oxygen atoms in total. The standard InChI is InChI=1S/C28H36FN5O2/c1-3-5-26(33-28(31-19-30)32-25-7-4-6-23(17-25)20(2)35)27(36)18-34-14-12-22(13-15-34)16-21-8-10-24(29)11-9-21/h4,6-11,17,22,26-27,36H,3,5,12-16,18H2,1-2H3,(H2,31,32,33)/t26-,27-/m1/s1. The van der Waals surface area contributed by atoms with Gasteiger partial charge in [0.25, 0.3) is 0 Å². The van der Waals surface area contributed by atoms with Crippen LogP contribution in [-0.2, 0) is 6.42 Å². The number of nitriles is 1. The van der Waals surface area contributed by atoms with Crippen LogP contribution in [0.25, 0.3) is 0 Å². The minimum atomic E-state index is -0.681. The van der Waals surface area contributed by atoms with E-state index in [1.165, 1.54) is 19.1 Å². The number of carbonyl (C=O) groups excluding carboxylic acids is 1. The van der Waals surface area contributed by atoms with Crippen molar-refractivity contribution in [2.75, 3.05) is 25.0 Å². The number of carbonyl (C=O) groups is 1. The van der Waals surface area contributed by atoms with E-state index in [1.54, 1.807) is 24.3 Å². The molecular weight excluding hydrogens is 457 g/mol. The molecule has 0 bridgehead atoms. The molecule has 0 aromatic heterocycles. The van der Waals surface area contributed by atoms with E-state index in [0.29, 0.717) is 30.1 Å². The van der Waals surface area contributed by atoms with Crippen LogP contribution in [0.4, 0.5) is 10.1 Å². The number of rotatable bonds is 10. The van der Waals surface area contributed by atoms with Crippen LogP contribution in [0.2, 0.25) is 0 Å². The van der Waals surface area contributed by atoms with Gasteiger partial charge in [0.1, 0.15) is 5.82 Å². The minimum absolute atomic E-state index is 0.0499. The van der Waals surface area contributed by atoms with Gasteiger partial charge in [-0.2, -0.15) is 5.26 Å². The summed E-state index contributed by atoms with van der Waals surface area (Å²) in [4.78, 5) is 18.6. The lowest BCUT2D eigenvalue weighted by atomic mass is 9.90. The Hall–Kier alpha value is -3.28. The van der Waals surface area contributed by atoms with Gasteiger partial charge < -0.3 is 15.3 Å². The van der Waals surface area contributed by atoms with Crippen molar-refractivity contribution in [1.82, 2.24) is 10.2 Å². The lowest BCUT2D eigenvalue weighted by Gasteiger charge is -2.34. The number of Topliss-reactive ketones (excluding diaryl/α,β-unsaturated/α-hetero) is 1. The van der Waals surface area contributed by atoms with Crippen LogP contribution in [0.5, 0.6) is 0 Å². The number of nitrogens with zero attached hydrogens (tertiary/aromatic N) is 3. The third-order valence-corrected chi connectivity index (χ3v) is 6.62. The van der Waals surface area contributed by atoms with Crippen molar-refractivity contribution < 1.29 is 14.3 Å². The maximum absolute atomic E-state index is 13.2. The first-order valence-electron chi connectivity index (χ1n) is 12.6. The fourth-order valence-electron chi connectivity index (χ4n) is 4.62. The number of likely N-dealkylation sites (tertiary alicyclic amines) is 1. The summed E-state index contributed by atoms with van der Waals surface area (Å²) in [5.41, 5.74) is 2.35. The molecule has 1 aliphatic heterocycles. The highest BCUT2D eigenvalue weighted by molar-refractivity contribution is 5.98. The van der Waals surface area contributed by atoms with Gasteiger partial charge >= 0.3 is 0 Å². The number of anilines is 1. The number of halogens is 1. The molecule has 1 aliphatic rings. The number of hydrogen-bond donors (Lipinski definition) is 3. The van der Waals surface area contributed by atoms with Crippen molar-refractivity contribution in [3.8, 4) is 6.19 Å². The van der Waals surface area contributed by atoms with Crippen LogP contribution in [-0.4, -0.2) is 53.5 Å². The van der Waals surface area contributed by atoms with Crippen molar-refractivity contribution in [1.29, 1.82) is 5.26 Å². The summed E-state index contributed by atoms with van der Waals surface area (Å²) in [7, 11) is 0. The predicted octanol–water partition coefficient (Wildman–Crippen LogP) is 4.35. The van der Waals surface area contributed by atoms with Gasteiger partial charge in [-0.3, -0.25) is 10.1 Å². The molecule has 0 aliphatic carbocycles. The number of ketones is 1. The highest BCUT2D eigenvalue weighted by Gasteiger charge is 2.25. The van der Waals surface area contributed by atoms with Crippen LogP contribution in [0.15, 0.2) is 53.5 Å². The second kappa shape index (κ2) is 13.7. The zero-order chi connectivity index (χ0) is 25.9. The number of guanidine groups is 1. The SMILES string of the molecule is CCC[C@@H](N=C(NC#N)Nc1cccc(C(C)=O)c1)[C@H](O)CN1CCC(Cc2ccc(F)cc2)CC1. The molecule has 0 amide bonds. The van der Waals surface area contributed by atoms with Gasteiger partial charge in [0.15, 0.2) is 12.0 Å². The molecule has 8 heteroatoms. The first-order chi connectivity index (χ1) is 17.4. The Balaban J connectivity index is 1.59. The Morgan fingerprint density at radius 1 is 1.25 bits per heavy atom. The van der Waals surface area contributed by atoms with Gasteiger partial charge in [-0.15, -0.1) is 0 Å². The van der Waals surface area contributed by atoms with Crippen LogP contribution in [0.1, 0.15) is 55.5 Å². The molecular formula is C28H36FN5O2. The number of aliphatic hydroxyl groups excluding tert-OH is 1. The van der Waals surface area contributed by atoms with E-state index in [9.17, 15) is 19.6 Å². The first-order valence-corrected chi connectivity index (χ1v) is 12.6. The van der Waals surface area contributed by atoms with E-state index >= 15 is 0 Å². The van der Waals surface area contributed by atoms with Crippen molar-refractivity contribution in [2.24, 2.45) is 10.9 Å². The molecule has 2 aromatic rings. The Labute approximate surface area is 213 Å². The van der Waals surface area contributed by atoms with E-state index < -0.39 is 6.10 Å². The number of piperidine rings is 1. The molecule has 1 saturated heterocycles. The molecule has 1 heterocycles. The number of nitrogens with one attached hydrogen (secondary N) is 2. The second-order valence-corrected chi connectivity index (χ2v) is 9.47. The molecule has 3 rings (SSSR count). The molecule has 0 radical (unpaired) electrons. The lowest BCUT2D eigenvalue weighted by molar-refractivity contribution is 0.0709. The molecule has 0 unspecified atom stereocenters. The quantitative estimate of drug-likeness (QED) is 0.150. The molecule has 2 aromatic carbocycles. The summed E-state index contributed by atoms with van der Waals surface area (Å²) in [6, 6.07) is 13.4. The number of benzene rings is 2. The smallest absolute Gasteiger partial charge is 0.209 e. The molecule has 3 N–H and O–H groups in total. The van der Waals surface area contributed by atoms with E-state index in [1.807, 2.05) is 25.2 Å². The monoisotopic (exact) mass is 493 g/mol. The largest absolute Gasteiger partial charge is 0.390 e. The molecule has 0 saturated carbocycles. The van der Waals surface area contributed by atoms with Gasteiger partial charge in [-0.25, -0.2) is 9.38 Å². The summed E-state index contributed by atoms with van der Waals surface area (Å²) in [6.07, 6.45) is 5.73. The van der Waals surface area contributed by atoms with Crippen LogP contribution >= 0.6 is 0 Å². The predicted molar refractivity (Wildman–Crippen MR) is 140 cm³/mol. The zero-order valence-electron chi connectivity index (χ0n) is 21.1. The van der Waals surface area contributed by atoms with E-state index in [0.717, 1.165) is 44.3 Å². The third-order valence-electron chi connectivity index (χ3n) is 6.62. The molecule has 1 fully saturated rings. The fraction of sp³-hybridized carbons (Fsp3) is 0.464. The van der Waals surface area contributed by atoms with Crippen molar-refractivity contribution in [3.05, 3.63) is 65.5 Å². The van der Waals surface area contributed by atoms with Crippen molar-refractivity contribution >= 4 is 17.4 Å². The van der Waals surface area contributed by atoms with E-state index in [4.69, 9.17) is 0 Å². The maximum Gasteiger partial charge on any atom is 0.209 e. The van der Waals surface area contributed by atoms with Crippen LogP contribution in [0, 0.1) is 23.2 Å². The van der Waals surface area contributed by atoms with Crippen LogP contribution < -0.4 is 10.6 Å². The van der Waals surface area contributed by atoms with E-state index in [-0.39, 0.29) is 23.6 Å². The van der Waals surface area contributed by atoms with Gasteiger partial charge in [-0.05, 0) is 81.4 Å². The molecule has 0 spiro atoms. The Morgan fingerprint density at radius 2 is 1.97 bits per heavy atom. The summed E-state index contributed by atoms with van der Waals surface area (Å²) < 4.78 is 13.2. The van der Waals surface area contributed by atoms with Gasteiger partial charge in [0.05, 0.1) is 12.1 Å². The molecule has 36 heavy (non-hydrogen) atoms. The summed E-state index contributed by atoms with van der Waals surface area (Å²) in [5, 5.41) is 25.9. The number of hydrogen-bond acceptors (Lipinski definition) is 5. The molecule has 192 valence electrons.